The zero-order valence-electron chi connectivity index (χ0n) is 13.1. The van der Waals surface area contributed by atoms with Crippen LogP contribution in [-0.4, -0.2) is 10.2 Å². The summed E-state index contributed by atoms with van der Waals surface area (Å²) in [7, 11) is 0. The molecule has 0 aliphatic rings. The first-order valence-corrected chi connectivity index (χ1v) is 8.15. The number of nitrogens with zero attached hydrogens (tertiary/aromatic N) is 2. The summed E-state index contributed by atoms with van der Waals surface area (Å²) in [5.74, 6) is -1.46. The maximum Gasteiger partial charge on any atom is 0.264 e. The summed E-state index contributed by atoms with van der Waals surface area (Å²) >= 11 is 3.20. The summed E-state index contributed by atoms with van der Waals surface area (Å²) in [4.78, 5) is 11.1. The molecule has 0 unspecified atom stereocenters. The quantitative estimate of drug-likeness (QED) is 0.693. The standard InChI is InChI=1S/C18H10BrF2N3O2/c19-15-3-1-11(7-13-2-4-16(25)24-23-13)17(21)18(15)26-14-6-10(9-22)5-12(20)8-14/h1-6,8H,7H2,(H,24,25). The van der Waals surface area contributed by atoms with E-state index in [-0.39, 0.29) is 34.6 Å². The molecule has 0 aliphatic heterocycles. The average molecular weight is 418 g/mol. The Morgan fingerprint density at radius 1 is 1.19 bits per heavy atom. The minimum Gasteiger partial charge on any atom is -0.453 e. The van der Waals surface area contributed by atoms with Gasteiger partial charge in [0.15, 0.2) is 11.6 Å². The van der Waals surface area contributed by atoms with Gasteiger partial charge in [-0.05, 0) is 45.8 Å². The molecular weight excluding hydrogens is 408 g/mol. The van der Waals surface area contributed by atoms with Gasteiger partial charge in [0.2, 0.25) is 0 Å². The maximum atomic E-state index is 14.9. The van der Waals surface area contributed by atoms with Gasteiger partial charge in [-0.3, -0.25) is 4.79 Å². The number of halogens is 3. The van der Waals surface area contributed by atoms with E-state index in [9.17, 15) is 13.6 Å². The van der Waals surface area contributed by atoms with Gasteiger partial charge in [-0.15, -0.1) is 0 Å². The highest BCUT2D eigenvalue weighted by Crippen LogP contribution is 2.35. The molecule has 5 nitrogen and oxygen atoms in total. The fourth-order valence-electron chi connectivity index (χ4n) is 2.27. The number of nitriles is 1. The van der Waals surface area contributed by atoms with Crippen molar-refractivity contribution in [3.05, 3.63) is 85.7 Å². The number of hydrogen-bond acceptors (Lipinski definition) is 4. The minimum atomic E-state index is -0.663. The zero-order chi connectivity index (χ0) is 18.7. The smallest absolute Gasteiger partial charge is 0.264 e. The Morgan fingerprint density at radius 3 is 2.69 bits per heavy atom. The predicted molar refractivity (Wildman–Crippen MR) is 93.0 cm³/mol. The number of aromatic amines is 1. The van der Waals surface area contributed by atoms with Crippen LogP contribution in [0.1, 0.15) is 16.8 Å². The molecule has 3 aromatic rings. The summed E-state index contributed by atoms with van der Waals surface area (Å²) in [6.07, 6.45) is 0.124. The van der Waals surface area contributed by atoms with Crippen LogP contribution in [0.15, 0.2) is 51.7 Å². The molecule has 0 spiro atoms. The van der Waals surface area contributed by atoms with E-state index in [0.717, 1.165) is 12.1 Å². The Morgan fingerprint density at radius 2 is 2.00 bits per heavy atom. The van der Waals surface area contributed by atoms with E-state index >= 15 is 0 Å². The van der Waals surface area contributed by atoms with E-state index in [0.29, 0.717) is 10.2 Å². The lowest BCUT2D eigenvalue weighted by Gasteiger charge is -2.12. The number of nitrogens with one attached hydrogen (secondary N) is 1. The Balaban J connectivity index is 1.95. The van der Waals surface area contributed by atoms with Crippen LogP contribution >= 0.6 is 15.9 Å². The number of hydrogen-bond donors (Lipinski definition) is 1. The largest absolute Gasteiger partial charge is 0.453 e. The third-order valence-electron chi connectivity index (χ3n) is 3.46. The summed E-state index contributed by atoms with van der Waals surface area (Å²) in [5, 5.41) is 15.0. The van der Waals surface area contributed by atoms with Gasteiger partial charge in [-0.1, -0.05) is 6.07 Å². The molecule has 0 saturated carbocycles. The SMILES string of the molecule is N#Cc1cc(F)cc(Oc2c(Br)ccc(Cc3ccc(=O)[nH]n3)c2F)c1. The van der Waals surface area contributed by atoms with Crippen molar-refractivity contribution >= 4 is 15.9 Å². The zero-order valence-corrected chi connectivity index (χ0v) is 14.7. The van der Waals surface area contributed by atoms with E-state index in [4.69, 9.17) is 10.00 Å². The van der Waals surface area contributed by atoms with Gasteiger partial charge in [0.1, 0.15) is 11.6 Å². The van der Waals surface area contributed by atoms with Crippen LogP contribution in [0.4, 0.5) is 8.78 Å². The van der Waals surface area contributed by atoms with Crippen molar-refractivity contribution in [1.82, 2.24) is 10.2 Å². The monoisotopic (exact) mass is 417 g/mol. The predicted octanol–water partition coefficient (Wildman–Crippen LogP) is 4.07. The van der Waals surface area contributed by atoms with Gasteiger partial charge >= 0.3 is 0 Å². The molecule has 0 radical (unpaired) electrons. The molecular formula is C18H10BrF2N3O2. The van der Waals surface area contributed by atoms with Gasteiger partial charge in [-0.2, -0.15) is 10.4 Å². The van der Waals surface area contributed by atoms with Crippen LogP contribution < -0.4 is 10.3 Å². The van der Waals surface area contributed by atoms with Crippen LogP contribution in [-0.2, 0) is 6.42 Å². The van der Waals surface area contributed by atoms with Gasteiger partial charge in [-0.25, -0.2) is 13.9 Å². The highest BCUT2D eigenvalue weighted by atomic mass is 79.9. The number of H-pyrrole nitrogens is 1. The number of rotatable bonds is 4. The minimum absolute atomic E-state index is 0.000432. The first-order chi connectivity index (χ1) is 12.5. The molecule has 0 atom stereocenters. The van der Waals surface area contributed by atoms with Crippen LogP contribution in [0, 0.1) is 23.0 Å². The lowest BCUT2D eigenvalue weighted by Crippen LogP contribution is -2.08. The van der Waals surface area contributed by atoms with Gasteiger partial charge in [0.25, 0.3) is 5.56 Å². The van der Waals surface area contributed by atoms with Crippen molar-refractivity contribution in [3.63, 3.8) is 0 Å². The highest BCUT2D eigenvalue weighted by Gasteiger charge is 2.16. The third-order valence-corrected chi connectivity index (χ3v) is 4.08. The molecule has 3 rings (SSSR count). The molecule has 0 aliphatic carbocycles. The van der Waals surface area contributed by atoms with Crippen LogP contribution in [0.25, 0.3) is 0 Å². The summed E-state index contributed by atoms with van der Waals surface area (Å²) in [6.45, 7) is 0. The van der Waals surface area contributed by atoms with E-state index in [1.165, 1.54) is 18.2 Å². The molecule has 26 heavy (non-hydrogen) atoms. The molecule has 0 amide bonds. The molecule has 1 N–H and O–H groups in total. The molecule has 8 heteroatoms. The highest BCUT2D eigenvalue weighted by molar-refractivity contribution is 9.10. The fraction of sp³-hybridized carbons (Fsp3) is 0.0556. The lowest BCUT2D eigenvalue weighted by molar-refractivity contribution is 0.432. The Kier molecular flexibility index (Phi) is 5.09. The fourth-order valence-corrected chi connectivity index (χ4v) is 2.66. The van der Waals surface area contributed by atoms with Crippen LogP contribution in [0.2, 0.25) is 0 Å². The molecule has 2 aromatic carbocycles. The van der Waals surface area contributed by atoms with Gasteiger partial charge in [0, 0.05) is 18.6 Å². The summed E-state index contributed by atoms with van der Waals surface area (Å²) < 4.78 is 34.2. The van der Waals surface area contributed by atoms with Gasteiger partial charge < -0.3 is 4.74 Å². The van der Waals surface area contributed by atoms with Crippen molar-refractivity contribution in [3.8, 4) is 17.6 Å². The summed E-state index contributed by atoms with van der Waals surface area (Å²) in [6, 6.07) is 11.2. The third kappa shape index (κ3) is 3.95. The Hall–Kier alpha value is -3.05. The van der Waals surface area contributed by atoms with Crippen molar-refractivity contribution in [2.24, 2.45) is 0 Å². The number of ether oxygens (including phenoxy) is 1. The van der Waals surface area contributed by atoms with E-state index < -0.39 is 11.6 Å². The van der Waals surface area contributed by atoms with Crippen molar-refractivity contribution in [2.75, 3.05) is 0 Å². The van der Waals surface area contributed by atoms with E-state index in [1.807, 2.05) is 6.07 Å². The second-order valence-corrected chi connectivity index (χ2v) is 6.18. The first kappa shape index (κ1) is 17.8. The Labute approximate surface area is 155 Å². The number of aromatic nitrogens is 2. The van der Waals surface area contributed by atoms with Crippen molar-refractivity contribution < 1.29 is 13.5 Å². The molecule has 0 fully saturated rings. The maximum absolute atomic E-state index is 14.9. The lowest BCUT2D eigenvalue weighted by atomic mass is 10.1. The molecule has 1 heterocycles. The van der Waals surface area contributed by atoms with Crippen molar-refractivity contribution in [2.45, 2.75) is 6.42 Å². The van der Waals surface area contributed by atoms with Gasteiger partial charge in [0.05, 0.1) is 21.8 Å². The average Bonchev–Trinajstić information content (AvgIpc) is 2.62. The Bertz CT molecular complexity index is 1060. The first-order valence-electron chi connectivity index (χ1n) is 7.36. The number of benzene rings is 2. The summed E-state index contributed by atoms with van der Waals surface area (Å²) in [5.41, 5.74) is 0.451. The molecule has 1 aromatic heterocycles. The van der Waals surface area contributed by atoms with Crippen molar-refractivity contribution in [1.29, 1.82) is 5.26 Å². The molecule has 0 bridgehead atoms. The molecule has 0 saturated heterocycles. The normalized spacial score (nSPS) is 10.4. The van der Waals surface area contributed by atoms with Crippen LogP contribution in [0.5, 0.6) is 11.5 Å². The topological polar surface area (TPSA) is 78.8 Å². The second-order valence-electron chi connectivity index (χ2n) is 5.33. The van der Waals surface area contributed by atoms with E-state index in [1.54, 1.807) is 12.1 Å². The van der Waals surface area contributed by atoms with Crippen LogP contribution in [0.3, 0.4) is 0 Å². The second kappa shape index (κ2) is 7.45. The molecule has 130 valence electrons. The van der Waals surface area contributed by atoms with E-state index in [2.05, 4.69) is 26.1 Å².